The Kier molecular flexibility index (Phi) is 7.46. The van der Waals surface area contributed by atoms with Crippen molar-refractivity contribution in [3.8, 4) is 0 Å². The molecule has 2 heterocycles. The summed E-state index contributed by atoms with van der Waals surface area (Å²) in [6.07, 6.45) is 0.571. The number of H-pyrrole nitrogens is 1. The van der Waals surface area contributed by atoms with Gasteiger partial charge in [0.25, 0.3) is 5.56 Å². The van der Waals surface area contributed by atoms with Crippen LogP contribution in [0.15, 0.2) is 29.1 Å². The first-order chi connectivity index (χ1) is 14.5. The van der Waals surface area contributed by atoms with Crippen molar-refractivity contribution >= 4 is 23.2 Å². The molecule has 0 aliphatic carbocycles. The number of nitrogens with zero attached hydrogens (tertiary/aromatic N) is 3. The molecule has 0 unspecified atom stereocenters. The Morgan fingerprint density at radius 2 is 1.87 bits per heavy atom. The number of hydrogen-bond acceptors (Lipinski definition) is 6. The molecule has 0 spiro atoms. The van der Waals surface area contributed by atoms with Gasteiger partial charge >= 0.3 is 0 Å². The molecule has 1 amide bonds. The molecule has 8 heteroatoms. The predicted molar refractivity (Wildman–Crippen MR) is 120 cm³/mol. The highest BCUT2D eigenvalue weighted by atomic mass is 16.5. The van der Waals surface area contributed by atoms with Crippen molar-refractivity contribution < 1.29 is 9.53 Å². The largest absolute Gasteiger partial charge is 0.378 e. The summed E-state index contributed by atoms with van der Waals surface area (Å²) in [6.45, 7) is 10.6. The highest BCUT2D eigenvalue weighted by Crippen LogP contribution is 2.18. The number of carbonyl (C=O) groups is 1. The fourth-order valence-electron chi connectivity index (χ4n) is 3.62. The van der Waals surface area contributed by atoms with E-state index in [2.05, 4.69) is 34.0 Å². The van der Waals surface area contributed by atoms with Crippen molar-refractivity contribution in [1.82, 2.24) is 9.97 Å². The van der Waals surface area contributed by atoms with Crippen LogP contribution in [0, 0.1) is 6.92 Å². The Balaban J connectivity index is 1.58. The fraction of sp³-hybridized carbons (Fsp3) is 0.500. The molecule has 1 saturated heterocycles. The second-order valence-electron chi connectivity index (χ2n) is 7.32. The van der Waals surface area contributed by atoms with E-state index in [4.69, 9.17) is 4.74 Å². The number of nitrogens with one attached hydrogen (secondary N) is 2. The van der Waals surface area contributed by atoms with E-state index < -0.39 is 0 Å². The van der Waals surface area contributed by atoms with Gasteiger partial charge in [-0.1, -0.05) is 0 Å². The second-order valence-corrected chi connectivity index (χ2v) is 7.32. The van der Waals surface area contributed by atoms with Crippen LogP contribution in [0.4, 0.5) is 17.3 Å². The lowest BCUT2D eigenvalue weighted by Gasteiger charge is -2.27. The van der Waals surface area contributed by atoms with E-state index in [0.717, 1.165) is 24.5 Å². The molecule has 1 aliphatic heterocycles. The number of anilines is 3. The van der Waals surface area contributed by atoms with E-state index in [1.807, 2.05) is 36.1 Å². The van der Waals surface area contributed by atoms with Crippen molar-refractivity contribution in [3.63, 3.8) is 0 Å². The highest BCUT2D eigenvalue weighted by molar-refractivity contribution is 5.91. The number of rotatable bonds is 8. The minimum Gasteiger partial charge on any atom is -0.378 e. The number of carbonyl (C=O) groups excluding carboxylic acids is 1. The maximum Gasteiger partial charge on any atom is 0.255 e. The summed E-state index contributed by atoms with van der Waals surface area (Å²) < 4.78 is 5.34. The molecule has 2 aromatic rings. The molecule has 1 fully saturated rings. The average molecular weight is 414 g/mol. The molecule has 162 valence electrons. The summed E-state index contributed by atoms with van der Waals surface area (Å²) in [6, 6.07) is 7.82. The lowest BCUT2D eigenvalue weighted by atomic mass is 10.1. The maximum atomic E-state index is 12.5. The molecule has 30 heavy (non-hydrogen) atoms. The first-order valence-electron chi connectivity index (χ1n) is 10.6. The lowest BCUT2D eigenvalue weighted by Crippen LogP contribution is -2.38. The van der Waals surface area contributed by atoms with Gasteiger partial charge in [-0.15, -0.1) is 0 Å². The van der Waals surface area contributed by atoms with E-state index in [9.17, 15) is 9.59 Å². The van der Waals surface area contributed by atoms with Crippen LogP contribution in [-0.4, -0.2) is 55.3 Å². The number of benzene rings is 1. The van der Waals surface area contributed by atoms with Crippen LogP contribution in [0.3, 0.4) is 0 Å². The summed E-state index contributed by atoms with van der Waals surface area (Å²) in [5.41, 5.74) is 2.92. The number of amides is 1. The maximum absolute atomic E-state index is 12.5. The molecule has 2 N–H and O–H groups in total. The summed E-state index contributed by atoms with van der Waals surface area (Å²) in [5, 5.41) is 2.90. The second kappa shape index (κ2) is 10.2. The lowest BCUT2D eigenvalue weighted by molar-refractivity contribution is -0.116. The van der Waals surface area contributed by atoms with Gasteiger partial charge in [0.05, 0.1) is 13.2 Å². The van der Waals surface area contributed by atoms with E-state index >= 15 is 0 Å². The van der Waals surface area contributed by atoms with Crippen LogP contribution in [0.2, 0.25) is 0 Å². The third-order valence-electron chi connectivity index (χ3n) is 5.40. The smallest absolute Gasteiger partial charge is 0.255 e. The third-order valence-corrected chi connectivity index (χ3v) is 5.40. The van der Waals surface area contributed by atoms with E-state index in [0.29, 0.717) is 49.9 Å². The van der Waals surface area contributed by atoms with Crippen molar-refractivity contribution in [2.45, 2.75) is 33.6 Å². The van der Waals surface area contributed by atoms with Crippen molar-refractivity contribution in [1.29, 1.82) is 0 Å². The van der Waals surface area contributed by atoms with Gasteiger partial charge in [0.15, 0.2) is 0 Å². The van der Waals surface area contributed by atoms with Gasteiger partial charge in [0.1, 0.15) is 0 Å². The molecule has 3 rings (SSSR count). The van der Waals surface area contributed by atoms with E-state index in [-0.39, 0.29) is 17.9 Å². The normalized spacial score (nSPS) is 13.9. The zero-order valence-corrected chi connectivity index (χ0v) is 18.0. The number of morpholine rings is 1. The van der Waals surface area contributed by atoms with Crippen molar-refractivity contribution in [3.05, 3.63) is 45.9 Å². The SMILES string of the molecule is CCN(CC)c1ccc(NC(=O)CCc2c(C)nc(N3CCOCC3)[nH]c2=O)cc1. The predicted octanol–water partition coefficient (Wildman–Crippen LogP) is 2.33. The Bertz CT molecular complexity index is 900. The summed E-state index contributed by atoms with van der Waals surface area (Å²) in [4.78, 5) is 36.6. The molecular weight excluding hydrogens is 382 g/mol. The van der Waals surface area contributed by atoms with Gasteiger partial charge in [0.2, 0.25) is 11.9 Å². The Morgan fingerprint density at radius 1 is 1.20 bits per heavy atom. The standard InChI is InChI=1S/C22H31N5O3/c1-4-26(5-2)18-8-6-17(7-9-18)24-20(28)11-10-19-16(3)23-22(25-21(19)29)27-12-14-30-15-13-27/h6-9H,4-5,10-15H2,1-3H3,(H,24,28)(H,23,25,29). The molecule has 0 atom stereocenters. The van der Waals surface area contributed by atoms with Gasteiger partial charge in [-0.05, 0) is 51.5 Å². The highest BCUT2D eigenvalue weighted by Gasteiger charge is 2.17. The van der Waals surface area contributed by atoms with E-state index in [1.165, 1.54) is 0 Å². The van der Waals surface area contributed by atoms with Crippen LogP contribution in [-0.2, 0) is 16.0 Å². The molecule has 1 aliphatic rings. The van der Waals surface area contributed by atoms with Crippen LogP contribution >= 0.6 is 0 Å². The number of aromatic amines is 1. The summed E-state index contributed by atoms with van der Waals surface area (Å²) in [5.74, 6) is 0.448. The summed E-state index contributed by atoms with van der Waals surface area (Å²) >= 11 is 0. The van der Waals surface area contributed by atoms with Gasteiger partial charge in [-0.25, -0.2) is 4.98 Å². The molecule has 0 radical (unpaired) electrons. The Labute approximate surface area is 177 Å². The van der Waals surface area contributed by atoms with Crippen LogP contribution in [0.1, 0.15) is 31.5 Å². The number of aromatic nitrogens is 2. The fourth-order valence-corrected chi connectivity index (χ4v) is 3.62. The third kappa shape index (κ3) is 5.38. The zero-order valence-electron chi connectivity index (χ0n) is 18.0. The van der Waals surface area contributed by atoms with Crippen molar-refractivity contribution in [2.24, 2.45) is 0 Å². The molecule has 0 saturated carbocycles. The van der Waals surface area contributed by atoms with Gasteiger partial charge < -0.3 is 19.9 Å². The molecule has 0 bridgehead atoms. The number of hydrogen-bond donors (Lipinski definition) is 2. The topological polar surface area (TPSA) is 90.6 Å². The quantitative estimate of drug-likeness (QED) is 0.690. The minimum absolute atomic E-state index is 0.123. The van der Waals surface area contributed by atoms with Crippen LogP contribution in [0.25, 0.3) is 0 Å². The van der Waals surface area contributed by atoms with E-state index in [1.54, 1.807) is 0 Å². The first-order valence-corrected chi connectivity index (χ1v) is 10.6. The van der Waals surface area contributed by atoms with Crippen LogP contribution < -0.4 is 20.7 Å². The molecule has 1 aromatic heterocycles. The first kappa shape index (κ1) is 21.8. The van der Waals surface area contributed by atoms with Gasteiger partial charge in [0, 0.05) is 55.2 Å². The van der Waals surface area contributed by atoms with Gasteiger partial charge in [-0.3, -0.25) is 14.6 Å². The van der Waals surface area contributed by atoms with Crippen molar-refractivity contribution in [2.75, 3.05) is 54.5 Å². The molecular formula is C22H31N5O3. The Hall–Kier alpha value is -2.87. The average Bonchev–Trinajstić information content (AvgIpc) is 2.75. The number of ether oxygens (including phenoxy) is 1. The molecule has 8 nitrogen and oxygen atoms in total. The minimum atomic E-state index is -0.180. The number of aryl methyl sites for hydroxylation is 1. The summed E-state index contributed by atoms with van der Waals surface area (Å²) in [7, 11) is 0. The Morgan fingerprint density at radius 3 is 2.47 bits per heavy atom. The zero-order chi connectivity index (χ0) is 21.5. The monoisotopic (exact) mass is 413 g/mol. The van der Waals surface area contributed by atoms with Gasteiger partial charge in [-0.2, -0.15) is 0 Å². The van der Waals surface area contributed by atoms with Crippen LogP contribution in [0.5, 0.6) is 0 Å². The molecule has 1 aromatic carbocycles.